The van der Waals surface area contributed by atoms with Gasteiger partial charge in [-0.1, -0.05) is 30.3 Å². The van der Waals surface area contributed by atoms with Crippen molar-refractivity contribution in [2.75, 3.05) is 5.73 Å². The smallest absolute Gasteiger partial charge is 0.196 e. The van der Waals surface area contributed by atoms with Crippen LogP contribution in [0.2, 0.25) is 0 Å². The van der Waals surface area contributed by atoms with Gasteiger partial charge < -0.3 is 5.73 Å². The van der Waals surface area contributed by atoms with Crippen molar-refractivity contribution < 1.29 is 4.79 Å². The van der Waals surface area contributed by atoms with Crippen LogP contribution in [0, 0.1) is 6.92 Å². The van der Waals surface area contributed by atoms with Gasteiger partial charge >= 0.3 is 0 Å². The number of nitrogens with two attached hydrogens (primary N) is 1. The predicted octanol–water partition coefficient (Wildman–Crippen LogP) is 4.02. The highest BCUT2D eigenvalue weighted by Gasteiger charge is 2.16. The van der Waals surface area contributed by atoms with E-state index in [-0.39, 0.29) is 5.78 Å². The van der Waals surface area contributed by atoms with Crippen molar-refractivity contribution in [1.82, 2.24) is 0 Å². The monoisotopic (exact) mass is 267 g/mol. The third-order valence-electron chi connectivity index (χ3n) is 3.29. The van der Waals surface area contributed by atoms with Crippen LogP contribution in [0.4, 0.5) is 5.69 Å². The molecule has 1 aromatic heterocycles. The molecular formula is C16H13NOS. The third kappa shape index (κ3) is 1.92. The zero-order valence-corrected chi connectivity index (χ0v) is 11.3. The fraction of sp³-hybridized carbons (Fsp3) is 0.0625. The lowest BCUT2D eigenvalue weighted by atomic mass is 9.99. The summed E-state index contributed by atoms with van der Waals surface area (Å²) in [4.78, 5) is 12.6. The summed E-state index contributed by atoms with van der Waals surface area (Å²) >= 11 is 1.59. The van der Waals surface area contributed by atoms with Crippen molar-refractivity contribution >= 4 is 32.9 Å². The second kappa shape index (κ2) is 4.52. The Kier molecular flexibility index (Phi) is 2.84. The molecule has 1 heterocycles. The molecule has 3 heteroatoms. The SMILES string of the molecule is Cc1cccc(C(=O)c2csc3ccccc23)c1N. The van der Waals surface area contributed by atoms with Gasteiger partial charge in [-0.25, -0.2) is 0 Å². The summed E-state index contributed by atoms with van der Waals surface area (Å²) in [6, 6.07) is 13.5. The molecule has 2 nitrogen and oxygen atoms in total. The van der Waals surface area contributed by atoms with Crippen molar-refractivity contribution in [3.63, 3.8) is 0 Å². The number of ketones is 1. The lowest BCUT2D eigenvalue weighted by Crippen LogP contribution is -2.05. The number of para-hydroxylation sites is 1. The normalized spacial score (nSPS) is 10.8. The quantitative estimate of drug-likeness (QED) is 0.563. The van der Waals surface area contributed by atoms with Gasteiger partial charge in [-0.2, -0.15) is 0 Å². The number of hydrogen-bond acceptors (Lipinski definition) is 3. The minimum absolute atomic E-state index is 0.00125. The number of rotatable bonds is 2. The van der Waals surface area contributed by atoms with Crippen LogP contribution >= 0.6 is 11.3 Å². The lowest BCUT2D eigenvalue weighted by Gasteiger charge is -2.06. The van der Waals surface area contributed by atoms with Crippen molar-refractivity contribution in [2.45, 2.75) is 6.92 Å². The molecule has 3 rings (SSSR count). The molecule has 0 spiro atoms. The number of benzene rings is 2. The number of aryl methyl sites for hydroxylation is 1. The summed E-state index contributed by atoms with van der Waals surface area (Å²) in [5.74, 6) is -0.00125. The van der Waals surface area contributed by atoms with Crippen LogP contribution in [0.15, 0.2) is 47.8 Å². The van der Waals surface area contributed by atoms with E-state index in [0.717, 1.165) is 21.2 Å². The second-order valence-electron chi connectivity index (χ2n) is 4.51. The Morgan fingerprint density at radius 2 is 1.84 bits per heavy atom. The van der Waals surface area contributed by atoms with Gasteiger partial charge in [-0.05, 0) is 24.6 Å². The van der Waals surface area contributed by atoms with Crippen LogP contribution in [0.5, 0.6) is 0 Å². The predicted molar refractivity (Wildman–Crippen MR) is 80.8 cm³/mol. The van der Waals surface area contributed by atoms with Crippen molar-refractivity contribution in [3.8, 4) is 0 Å². The minimum atomic E-state index is -0.00125. The van der Waals surface area contributed by atoms with Gasteiger partial charge in [0, 0.05) is 32.3 Å². The number of nitrogen functional groups attached to an aromatic ring is 1. The van der Waals surface area contributed by atoms with Crippen molar-refractivity contribution in [3.05, 3.63) is 64.5 Å². The summed E-state index contributed by atoms with van der Waals surface area (Å²) < 4.78 is 1.12. The fourth-order valence-corrected chi connectivity index (χ4v) is 3.12. The average molecular weight is 267 g/mol. The van der Waals surface area contributed by atoms with E-state index >= 15 is 0 Å². The van der Waals surface area contributed by atoms with Crippen molar-refractivity contribution in [2.24, 2.45) is 0 Å². The highest BCUT2D eigenvalue weighted by Crippen LogP contribution is 2.29. The Balaban J connectivity index is 2.17. The molecule has 19 heavy (non-hydrogen) atoms. The largest absolute Gasteiger partial charge is 0.398 e. The Morgan fingerprint density at radius 1 is 1.05 bits per heavy atom. The average Bonchev–Trinajstić information content (AvgIpc) is 2.85. The van der Waals surface area contributed by atoms with E-state index < -0.39 is 0 Å². The summed E-state index contributed by atoms with van der Waals surface area (Å²) in [7, 11) is 0. The van der Waals surface area contributed by atoms with Crippen LogP contribution in [0.25, 0.3) is 10.1 Å². The van der Waals surface area contributed by atoms with E-state index in [0.29, 0.717) is 11.3 Å². The maximum absolute atomic E-state index is 12.6. The number of thiophene rings is 1. The standard InChI is InChI=1S/C16H13NOS/c1-10-5-4-7-12(15(10)17)16(18)13-9-19-14-8-3-2-6-11(13)14/h2-9H,17H2,1H3. The molecule has 0 radical (unpaired) electrons. The maximum atomic E-state index is 12.6. The summed E-state index contributed by atoms with van der Waals surface area (Å²) in [6.07, 6.45) is 0. The lowest BCUT2D eigenvalue weighted by molar-refractivity contribution is 0.104. The van der Waals surface area contributed by atoms with Gasteiger partial charge in [-0.15, -0.1) is 11.3 Å². The van der Waals surface area contributed by atoms with E-state index in [1.165, 1.54) is 0 Å². The molecule has 0 amide bonds. The van der Waals surface area contributed by atoms with Crippen LogP contribution < -0.4 is 5.73 Å². The van der Waals surface area contributed by atoms with Gasteiger partial charge in [0.05, 0.1) is 0 Å². The highest BCUT2D eigenvalue weighted by molar-refractivity contribution is 7.17. The molecule has 0 fully saturated rings. The zero-order valence-electron chi connectivity index (χ0n) is 10.5. The molecule has 94 valence electrons. The number of carbonyl (C=O) groups excluding carboxylic acids is 1. The fourth-order valence-electron chi connectivity index (χ4n) is 2.18. The molecule has 0 aliphatic carbocycles. The first-order chi connectivity index (χ1) is 9.18. The molecule has 0 aliphatic heterocycles. The molecule has 0 bridgehead atoms. The van der Waals surface area contributed by atoms with Crippen LogP contribution in [-0.4, -0.2) is 5.78 Å². The number of hydrogen-bond donors (Lipinski definition) is 1. The van der Waals surface area contributed by atoms with Gasteiger partial charge in [0.15, 0.2) is 5.78 Å². The number of anilines is 1. The summed E-state index contributed by atoms with van der Waals surface area (Å²) in [5.41, 5.74) is 8.84. The minimum Gasteiger partial charge on any atom is -0.398 e. The molecule has 0 aliphatic rings. The van der Waals surface area contributed by atoms with E-state index in [4.69, 9.17) is 5.73 Å². The van der Waals surface area contributed by atoms with Gasteiger partial charge in [0.25, 0.3) is 0 Å². The molecule has 3 aromatic rings. The van der Waals surface area contributed by atoms with Crippen molar-refractivity contribution in [1.29, 1.82) is 0 Å². The Bertz CT molecular complexity index is 773. The summed E-state index contributed by atoms with van der Waals surface area (Å²) in [5, 5.41) is 2.91. The molecule has 2 N–H and O–H groups in total. The Hall–Kier alpha value is -2.13. The second-order valence-corrected chi connectivity index (χ2v) is 5.42. The Morgan fingerprint density at radius 3 is 2.68 bits per heavy atom. The highest BCUT2D eigenvalue weighted by atomic mass is 32.1. The topological polar surface area (TPSA) is 43.1 Å². The first-order valence-electron chi connectivity index (χ1n) is 6.04. The molecule has 0 unspecified atom stereocenters. The van der Waals surface area contributed by atoms with E-state index in [1.807, 2.05) is 48.7 Å². The maximum Gasteiger partial charge on any atom is 0.196 e. The summed E-state index contributed by atoms with van der Waals surface area (Å²) in [6.45, 7) is 1.91. The molecular weight excluding hydrogens is 254 g/mol. The number of fused-ring (bicyclic) bond motifs is 1. The van der Waals surface area contributed by atoms with Gasteiger partial charge in [0.1, 0.15) is 0 Å². The van der Waals surface area contributed by atoms with E-state index in [9.17, 15) is 4.79 Å². The van der Waals surface area contributed by atoms with Gasteiger partial charge in [0.2, 0.25) is 0 Å². The van der Waals surface area contributed by atoms with Crippen LogP contribution in [0.1, 0.15) is 21.5 Å². The Labute approximate surface area is 115 Å². The first kappa shape index (κ1) is 11.9. The zero-order chi connectivity index (χ0) is 13.4. The van der Waals surface area contributed by atoms with E-state index in [1.54, 1.807) is 17.4 Å². The van der Waals surface area contributed by atoms with E-state index in [2.05, 4.69) is 0 Å². The van der Waals surface area contributed by atoms with Crippen LogP contribution in [-0.2, 0) is 0 Å². The third-order valence-corrected chi connectivity index (χ3v) is 4.26. The molecule has 0 saturated heterocycles. The molecule has 0 saturated carbocycles. The van der Waals surface area contributed by atoms with Crippen LogP contribution in [0.3, 0.4) is 0 Å². The van der Waals surface area contributed by atoms with Gasteiger partial charge in [-0.3, -0.25) is 4.79 Å². The molecule has 2 aromatic carbocycles. The molecule has 0 atom stereocenters. The number of carbonyl (C=O) groups is 1. The first-order valence-corrected chi connectivity index (χ1v) is 6.92.